The number of amides is 1. The Labute approximate surface area is 154 Å². The van der Waals surface area contributed by atoms with Crippen LogP contribution in [0, 0.1) is 5.92 Å². The lowest BCUT2D eigenvalue weighted by molar-refractivity contribution is 0.0574. The predicted octanol–water partition coefficient (Wildman–Crippen LogP) is 3.83. The zero-order valence-electron chi connectivity index (χ0n) is 14.8. The number of nitrogens with zero attached hydrogens (tertiary/aromatic N) is 2. The third kappa shape index (κ3) is 3.18. The summed E-state index contributed by atoms with van der Waals surface area (Å²) in [5.74, 6) is 0.582. The van der Waals surface area contributed by atoms with Crippen LogP contribution in [0.4, 0.5) is 0 Å². The molecule has 2 fully saturated rings. The zero-order valence-corrected chi connectivity index (χ0v) is 15.6. The van der Waals surface area contributed by atoms with Crippen LogP contribution in [0.15, 0.2) is 24.3 Å². The summed E-state index contributed by atoms with van der Waals surface area (Å²) >= 11 is 6.27. The number of halogens is 1. The molecule has 0 unspecified atom stereocenters. The molecule has 4 nitrogen and oxygen atoms in total. The first-order chi connectivity index (χ1) is 12.1. The number of hydrogen-bond acceptors (Lipinski definition) is 2. The van der Waals surface area contributed by atoms with E-state index in [-0.39, 0.29) is 5.91 Å². The molecule has 134 valence electrons. The van der Waals surface area contributed by atoms with E-state index in [2.05, 4.69) is 10.2 Å². The molecule has 2 saturated heterocycles. The summed E-state index contributed by atoms with van der Waals surface area (Å²) in [4.78, 5) is 15.4. The number of carbonyl (C=O) groups is 1. The van der Waals surface area contributed by atoms with Gasteiger partial charge in [0.15, 0.2) is 0 Å². The van der Waals surface area contributed by atoms with Crippen molar-refractivity contribution in [2.24, 2.45) is 13.0 Å². The van der Waals surface area contributed by atoms with Gasteiger partial charge < -0.3 is 14.8 Å². The van der Waals surface area contributed by atoms with Crippen LogP contribution in [-0.2, 0) is 7.05 Å². The van der Waals surface area contributed by atoms with Crippen LogP contribution in [0.3, 0.4) is 0 Å². The molecule has 1 aromatic carbocycles. The minimum Gasteiger partial charge on any atom is -0.350 e. The molecule has 2 aliphatic rings. The van der Waals surface area contributed by atoms with Gasteiger partial charge in [0.25, 0.3) is 5.91 Å². The number of fused-ring (bicyclic) bond motifs is 2. The maximum Gasteiger partial charge on any atom is 0.267 e. The van der Waals surface area contributed by atoms with Gasteiger partial charge in [-0.25, -0.2) is 0 Å². The van der Waals surface area contributed by atoms with Crippen LogP contribution in [0.2, 0.25) is 5.02 Å². The van der Waals surface area contributed by atoms with Crippen molar-refractivity contribution in [2.75, 3.05) is 19.6 Å². The van der Waals surface area contributed by atoms with Crippen LogP contribution in [-0.4, -0.2) is 41.1 Å². The fraction of sp³-hybridized carbons (Fsp3) is 0.550. The van der Waals surface area contributed by atoms with Gasteiger partial charge in [-0.1, -0.05) is 24.1 Å². The van der Waals surface area contributed by atoms with E-state index in [4.69, 9.17) is 11.6 Å². The summed E-state index contributed by atoms with van der Waals surface area (Å²) in [5.41, 5.74) is 1.67. The summed E-state index contributed by atoms with van der Waals surface area (Å²) in [7, 11) is 1.93. The molecule has 0 radical (unpaired) electrons. The molecule has 3 heterocycles. The Balaban J connectivity index is 1.47. The van der Waals surface area contributed by atoms with Gasteiger partial charge in [-0.15, -0.1) is 0 Å². The van der Waals surface area contributed by atoms with Crippen LogP contribution >= 0.6 is 11.6 Å². The van der Waals surface area contributed by atoms with Crippen LogP contribution in [0.25, 0.3) is 10.9 Å². The number of carbonyl (C=O) groups excluding carboxylic acids is 1. The highest BCUT2D eigenvalue weighted by Crippen LogP contribution is 2.31. The van der Waals surface area contributed by atoms with E-state index < -0.39 is 0 Å². The van der Waals surface area contributed by atoms with Gasteiger partial charge in [0.05, 0.1) is 0 Å². The first-order valence-electron chi connectivity index (χ1n) is 9.41. The third-order valence-electron chi connectivity index (χ3n) is 6.02. The van der Waals surface area contributed by atoms with Crippen molar-refractivity contribution in [1.29, 1.82) is 0 Å². The number of aromatic nitrogens is 1. The van der Waals surface area contributed by atoms with E-state index in [0.29, 0.717) is 22.7 Å². The molecule has 2 aromatic rings. The molecule has 2 aliphatic heterocycles. The molecule has 4 rings (SSSR count). The van der Waals surface area contributed by atoms with Gasteiger partial charge in [-0.3, -0.25) is 4.79 Å². The maximum absolute atomic E-state index is 12.8. The third-order valence-corrected chi connectivity index (χ3v) is 6.35. The van der Waals surface area contributed by atoms with Crippen molar-refractivity contribution in [1.82, 2.24) is 14.8 Å². The molecule has 5 heteroatoms. The van der Waals surface area contributed by atoms with Crippen LogP contribution < -0.4 is 5.32 Å². The van der Waals surface area contributed by atoms with Gasteiger partial charge in [-0.2, -0.15) is 0 Å². The first kappa shape index (κ1) is 16.9. The fourth-order valence-electron chi connectivity index (χ4n) is 4.67. The molecule has 0 spiro atoms. The molecule has 0 aliphatic carbocycles. The summed E-state index contributed by atoms with van der Waals surface area (Å²) in [5, 5.41) is 4.82. The number of benzene rings is 1. The molecule has 0 saturated carbocycles. The second-order valence-corrected chi connectivity index (χ2v) is 7.88. The number of nitrogens with one attached hydrogen (secondary N) is 1. The van der Waals surface area contributed by atoms with Gasteiger partial charge in [0.1, 0.15) is 5.69 Å². The number of piperidine rings is 2. The van der Waals surface area contributed by atoms with E-state index in [1.54, 1.807) is 0 Å². The molecule has 1 amide bonds. The van der Waals surface area contributed by atoms with Crippen molar-refractivity contribution in [3.63, 3.8) is 0 Å². The van der Waals surface area contributed by atoms with Gasteiger partial charge in [0.2, 0.25) is 0 Å². The molecule has 1 aromatic heterocycles. The molecule has 2 atom stereocenters. The van der Waals surface area contributed by atoms with Crippen molar-refractivity contribution in [3.8, 4) is 0 Å². The molecule has 25 heavy (non-hydrogen) atoms. The van der Waals surface area contributed by atoms with Crippen molar-refractivity contribution in [3.05, 3.63) is 35.0 Å². The molecular weight excluding hydrogens is 334 g/mol. The second-order valence-electron chi connectivity index (χ2n) is 7.47. The highest BCUT2D eigenvalue weighted by molar-refractivity contribution is 6.35. The number of hydrogen-bond donors (Lipinski definition) is 1. The highest BCUT2D eigenvalue weighted by atomic mass is 35.5. The Bertz CT molecular complexity index is 783. The van der Waals surface area contributed by atoms with Crippen LogP contribution in [0.5, 0.6) is 0 Å². The Morgan fingerprint density at radius 2 is 2.08 bits per heavy atom. The SMILES string of the molecule is Cn1c(C(=O)NC[C@H]2CCCN3CCCC[C@@H]23)cc2c(Cl)cccc21. The van der Waals surface area contributed by atoms with Crippen molar-refractivity contribution < 1.29 is 4.79 Å². The van der Waals surface area contributed by atoms with Gasteiger partial charge in [-0.05, 0) is 62.9 Å². The Kier molecular flexibility index (Phi) is 4.74. The standard InChI is InChI=1S/C20H26ClN3O/c1-23-18-9-4-7-16(21)15(18)12-19(23)20(25)22-13-14-6-5-11-24-10-3-2-8-17(14)24/h4,7,9,12,14,17H,2-3,5-6,8,10-11,13H2,1H3,(H,22,25)/t14-,17+/m1/s1. The predicted molar refractivity (Wildman–Crippen MR) is 102 cm³/mol. The van der Waals surface area contributed by atoms with E-state index in [1.807, 2.05) is 35.9 Å². The lowest BCUT2D eigenvalue weighted by Gasteiger charge is -2.44. The van der Waals surface area contributed by atoms with Crippen molar-refractivity contribution >= 4 is 28.4 Å². The minimum atomic E-state index is 0.00250. The number of aryl methyl sites for hydroxylation is 1. The van der Waals surface area contributed by atoms with Crippen molar-refractivity contribution in [2.45, 2.75) is 38.1 Å². The molecule has 1 N–H and O–H groups in total. The summed E-state index contributed by atoms with van der Waals surface area (Å²) in [6, 6.07) is 8.35. The fourth-order valence-corrected chi connectivity index (χ4v) is 4.90. The topological polar surface area (TPSA) is 37.3 Å². The highest BCUT2D eigenvalue weighted by Gasteiger charge is 2.33. The lowest BCUT2D eigenvalue weighted by Crippen LogP contribution is -2.51. The summed E-state index contributed by atoms with van der Waals surface area (Å²) in [6.07, 6.45) is 6.41. The summed E-state index contributed by atoms with van der Waals surface area (Å²) in [6.45, 7) is 3.24. The lowest BCUT2D eigenvalue weighted by atomic mass is 9.83. The largest absolute Gasteiger partial charge is 0.350 e. The normalized spacial score (nSPS) is 24.2. The van der Waals surface area contributed by atoms with Crippen LogP contribution in [0.1, 0.15) is 42.6 Å². The zero-order chi connectivity index (χ0) is 17.4. The van der Waals surface area contributed by atoms with E-state index in [1.165, 1.54) is 45.2 Å². The minimum absolute atomic E-state index is 0.00250. The van der Waals surface area contributed by atoms with Gasteiger partial charge in [0, 0.05) is 35.6 Å². The average Bonchev–Trinajstić information content (AvgIpc) is 2.98. The maximum atomic E-state index is 12.8. The molecular formula is C20H26ClN3O. The first-order valence-corrected chi connectivity index (χ1v) is 9.79. The Morgan fingerprint density at radius 1 is 1.24 bits per heavy atom. The Morgan fingerprint density at radius 3 is 2.92 bits per heavy atom. The Hall–Kier alpha value is -1.52. The van der Waals surface area contributed by atoms with E-state index in [9.17, 15) is 4.79 Å². The molecule has 0 bridgehead atoms. The average molecular weight is 360 g/mol. The summed E-state index contributed by atoms with van der Waals surface area (Å²) < 4.78 is 1.93. The van der Waals surface area contributed by atoms with E-state index in [0.717, 1.165) is 17.4 Å². The van der Waals surface area contributed by atoms with E-state index >= 15 is 0 Å². The second kappa shape index (κ2) is 7.00. The number of rotatable bonds is 3. The monoisotopic (exact) mass is 359 g/mol. The smallest absolute Gasteiger partial charge is 0.267 e. The quantitative estimate of drug-likeness (QED) is 0.904. The van der Waals surface area contributed by atoms with Gasteiger partial charge >= 0.3 is 0 Å².